The number of esters is 1. The molecule has 2 aromatic heterocycles. The predicted octanol–water partition coefficient (Wildman–Crippen LogP) is 2.36. The number of carbonyl (C=O) groups is 1. The molecule has 8 nitrogen and oxygen atoms in total. The molecule has 0 aliphatic heterocycles. The summed E-state index contributed by atoms with van der Waals surface area (Å²) in [6.45, 7) is -1.40. The van der Waals surface area contributed by atoms with Crippen molar-refractivity contribution in [3.05, 3.63) is 35.9 Å². The Morgan fingerprint density at radius 2 is 1.93 bits per heavy atom. The third-order valence-corrected chi connectivity index (χ3v) is 4.30. The summed E-state index contributed by atoms with van der Waals surface area (Å²) in [5.74, 6) is -1.52. The second-order valence-electron chi connectivity index (χ2n) is 5.61. The third-order valence-electron chi connectivity index (χ3n) is 3.48. The van der Waals surface area contributed by atoms with E-state index in [1.807, 2.05) is 30.3 Å². The average Bonchev–Trinajstić information content (AvgIpc) is 2.95. The highest BCUT2D eigenvalue weighted by Crippen LogP contribution is 2.26. The lowest BCUT2D eigenvalue weighted by Crippen LogP contribution is -2.21. The molecule has 0 bridgehead atoms. The summed E-state index contributed by atoms with van der Waals surface area (Å²) in [4.78, 5) is 23.6. The number of hydrogen-bond donors (Lipinski definition) is 2. The number of fused-ring (bicyclic) bond motifs is 1. The average molecular weight is 413 g/mol. The molecule has 3 rings (SSSR count). The summed E-state index contributed by atoms with van der Waals surface area (Å²) in [5, 5.41) is 10.2. The van der Waals surface area contributed by atoms with E-state index >= 15 is 0 Å². The maximum atomic E-state index is 12.1. The highest BCUT2D eigenvalue weighted by atomic mass is 32.2. The molecule has 0 unspecified atom stereocenters. The summed E-state index contributed by atoms with van der Waals surface area (Å²) in [6.07, 6.45) is -4.60. The molecule has 12 heteroatoms. The van der Waals surface area contributed by atoms with Crippen LogP contribution >= 0.6 is 11.8 Å². The number of halogens is 3. The number of nitrogens with two attached hydrogens (primary N) is 1. The summed E-state index contributed by atoms with van der Waals surface area (Å²) < 4.78 is 41.8. The Bertz CT molecular complexity index is 995. The molecule has 0 saturated heterocycles. The van der Waals surface area contributed by atoms with E-state index in [9.17, 15) is 23.1 Å². The summed E-state index contributed by atoms with van der Waals surface area (Å²) in [7, 11) is 0. The number of carbonyl (C=O) groups excluding carboxylic acids is 1. The van der Waals surface area contributed by atoms with Gasteiger partial charge in [0.15, 0.2) is 28.7 Å². The van der Waals surface area contributed by atoms with Crippen molar-refractivity contribution in [2.45, 2.75) is 17.9 Å². The Hall–Kier alpha value is -3.02. The first-order valence-corrected chi connectivity index (χ1v) is 8.83. The SMILES string of the molecule is Nc1nc(SCC(=O)OCC(F)(F)F)nc2c1nc(O)n2Cc1ccccc1. The van der Waals surface area contributed by atoms with Crippen molar-refractivity contribution in [2.75, 3.05) is 18.1 Å². The first-order valence-electron chi connectivity index (χ1n) is 7.85. The largest absolute Gasteiger partial charge is 0.480 e. The predicted molar refractivity (Wildman–Crippen MR) is 94.7 cm³/mol. The van der Waals surface area contributed by atoms with Gasteiger partial charge >= 0.3 is 12.1 Å². The Kier molecular flexibility index (Phi) is 5.58. The van der Waals surface area contributed by atoms with Crippen molar-refractivity contribution in [3.8, 4) is 6.01 Å². The van der Waals surface area contributed by atoms with Crippen molar-refractivity contribution in [1.29, 1.82) is 0 Å². The van der Waals surface area contributed by atoms with E-state index in [4.69, 9.17) is 5.73 Å². The molecule has 28 heavy (non-hydrogen) atoms. The zero-order valence-electron chi connectivity index (χ0n) is 14.2. The lowest BCUT2D eigenvalue weighted by Gasteiger charge is -2.08. The standard InChI is InChI=1S/C16H14F3N5O3S/c17-16(18,19)8-27-10(25)7-28-14-22-12(20)11-13(23-14)24(15(26)21-11)6-9-4-2-1-3-5-9/h1-5H,6-8H2,(H,21,26)(H2,20,22,23). The van der Waals surface area contributed by atoms with Gasteiger partial charge < -0.3 is 15.6 Å². The van der Waals surface area contributed by atoms with Crippen LogP contribution in [0.25, 0.3) is 11.2 Å². The molecule has 0 saturated carbocycles. The van der Waals surface area contributed by atoms with Gasteiger partial charge in [-0.15, -0.1) is 0 Å². The summed E-state index contributed by atoms with van der Waals surface area (Å²) >= 11 is 0.766. The van der Waals surface area contributed by atoms with Crippen molar-refractivity contribution in [3.63, 3.8) is 0 Å². The van der Waals surface area contributed by atoms with Crippen molar-refractivity contribution >= 4 is 34.7 Å². The van der Waals surface area contributed by atoms with Crippen LogP contribution < -0.4 is 5.73 Å². The Morgan fingerprint density at radius 3 is 2.61 bits per heavy atom. The number of alkyl halides is 3. The number of benzene rings is 1. The molecule has 0 amide bonds. The molecule has 2 heterocycles. The molecule has 148 valence electrons. The second-order valence-corrected chi connectivity index (χ2v) is 6.55. The maximum Gasteiger partial charge on any atom is 0.422 e. The fraction of sp³-hybridized carbons (Fsp3) is 0.250. The van der Waals surface area contributed by atoms with Crippen LogP contribution in [0.3, 0.4) is 0 Å². The van der Waals surface area contributed by atoms with Crippen molar-refractivity contribution in [2.24, 2.45) is 0 Å². The molecule has 0 spiro atoms. The first kappa shape index (κ1) is 19.7. The molecular weight excluding hydrogens is 399 g/mol. The van der Waals surface area contributed by atoms with Gasteiger partial charge in [-0.25, -0.2) is 9.97 Å². The van der Waals surface area contributed by atoms with Crippen LogP contribution in [-0.4, -0.2) is 49.1 Å². The summed E-state index contributed by atoms with van der Waals surface area (Å²) in [6, 6.07) is 8.91. The topological polar surface area (TPSA) is 116 Å². The minimum Gasteiger partial charge on any atom is -0.480 e. The zero-order chi connectivity index (χ0) is 20.3. The van der Waals surface area contributed by atoms with Gasteiger partial charge in [-0.3, -0.25) is 9.36 Å². The normalized spacial score (nSPS) is 11.7. The lowest BCUT2D eigenvalue weighted by molar-refractivity contribution is -0.184. The number of hydrogen-bond acceptors (Lipinski definition) is 8. The van der Waals surface area contributed by atoms with E-state index in [-0.39, 0.29) is 34.7 Å². The number of ether oxygens (including phenoxy) is 1. The molecular formula is C16H14F3N5O3S. The smallest absolute Gasteiger partial charge is 0.422 e. The Morgan fingerprint density at radius 1 is 1.21 bits per heavy atom. The van der Waals surface area contributed by atoms with Crippen LogP contribution in [0.4, 0.5) is 19.0 Å². The molecule has 3 N–H and O–H groups in total. The minimum absolute atomic E-state index is 0.0294. The van der Waals surface area contributed by atoms with Crippen LogP contribution in [-0.2, 0) is 16.1 Å². The number of anilines is 1. The van der Waals surface area contributed by atoms with Crippen LogP contribution in [0.15, 0.2) is 35.5 Å². The van der Waals surface area contributed by atoms with Crippen molar-refractivity contribution < 1.29 is 27.8 Å². The van der Waals surface area contributed by atoms with Gasteiger partial charge in [-0.05, 0) is 5.56 Å². The Labute approximate surface area is 160 Å². The van der Waals surface area contributed by atoms with Gasteiger partial charge in [0.05, 0.1) is 12.3 Å². The van der Waals surface area contributed by atoms with Gasteiger partial charge in [-0.1, -0.05) is 42.1 Å². The molecule has 3 aromatic rings. The third kappa shape index (κ3) is 4.82. The van der Waals surface area contributed by atoms with Crippen LogP contribution in [0.2, 0.25) is 0 Å². The minimum atomic E-state index is -4.60. The number of thioether (sulfide) groups is 1. The quantitative estimate of drug-likeness (QED) is 0.359. The number of rotatable bonds is 6. The van der Waals surface area contributed by atoms with E-state index in [0.717, 1.165) is 17.3 Å². The van der Waals surface area contributed by atoms with Gasteiger partial charge in [0.25, 0.3) is 6.01 Å². The van der Waals surface area contributed by atoms with E-state index in [1.165, 1.54) is 4.57 Å². The van der Waals surface area contributed by atoms with E-state index in [0.29, 0.717) is 0 Å². The van der Waals surface area contributed by atoms with E-state index in [2.05, 4.69) is 19.7 Å². The number of nitrogen functional groups attached to an aromatic ring is 1. The van der Waals surface area contributed by atoms with Crippen LogP contribution in [0.1, 0.15) is 5.56 Å². The van der Waals surface area contributed by atoms with Gasteiger partial charge in [0.1, 0.15) is 0 Å². The van der Waals surface area contributed by atoms with Gasteiger partial charge in [-0.2, -0.15) is 18.2 Å². The zero-order valence-corrected chi connectivity index (χ0v) is 15.0. The van der Waals surface area contributed by atoms with Crippen LogP contribution in [0.5, 0.6) is 6.01 Å². The fourth-order valence-electron chi connectivity index (χ4n) is 2.29. The van der Waals surface area contributed by atoms with Gasteiger partial charge in [0.2, 0.25) is 0 Å². The molecule has 0 aliphatic rings. The molecule has 1 aromatic carbocycles. The fourth-order valence-corrected chi connectivity index (χ4v) is 2.94. The van der Waals surface area contributed by atoms with Crippen LogP contribution in [0, 0.1) is 0 Å². The Balaban J connectivity index is 1.79. The number of imidazole rings is 1. The monoisotopic (exact) mass is 413 g/mol. The van der Waals surface area contributed by atoms with E-state index in [1.54, 1.807) is 0 Å². The van der Waals surface area contributed by atoms with Gasteiger partial charge in [0, 0.05) is 0 Å². The summed E-state index contributed by atoms with van der Waals surface area (Å²) in [5.41, 5.74) is 7.13. The molecule has 0 radical (unpaired) electrons. The second kappa shape index (κ2) is 7.92. The number of aromatic nitrogens is 4. The maximum absolute atomic E-state index is 12.1. The molecule has 0 atom stereocenters. The van der Waals surface area contributed by atoms with Crippen molar-refractivity contribution in [1.82, 2.24) is 19.5 Å². The number of aromatic hydroxyl groups is 1. The highest BCUT2D eigenvalue weighted by Gasteiger charge is 2.29. The first-order chi connectivity index (χ1) is 13.2. The number of nitrogens with zero attached hydrogens (tertiary/aromatic N) is 4. The van der Waals surface area contributed by atoms with E-state index < -0.39 is 24.5 Å². The molecule has 0 fully saturated rings. The lowest BCUT2D eigenvalue weighted by atomic mass is 10.2. The molecule has 0 aliphatic carbocycles. The highest BCUT2D eigenvalue weighted by molar-refractivity contribution is 7.99.